The fourth-order valence-corrected chi connectivity index (χ4v) is 2.47. The molecule has 6 nitrogen and oxygen atoms in total. The van der Waals surface area contributed by atoms with Gasteiger partial charge in [-0.1, -0.05) is 42.1 Å². The van der Waals surface area contributed by atoms with Crippen molar-refractivity contribution in [3.63, 3.8) is 0 Å². The molecule has 1 heterocycles. The Morgan fingerprint density at radius 2 is 2.05 bits per heavy atom. The Morgan fingerprint density at radius 1 is 1.32 bits per heavy atom. The maximum atomic E-state index is 11.9. The Bertz CT molecular complexity index is 647. The lowest BCUT2D eigenvalue weighted by Gasteiger charge is -2.13. The largest absolute Gasteiger partial charge is 0.349 e. The number of benzene rings is 1. The van der Waals surface area contributed by atoms with Crippen LogP contribution in [-0.4, -0.2) is 21.6 Å². The van der Waals surface area contributed by atoms with Crippen molar-refractivity contribution >= 4 is 23.4 Å². The van der Waals surface area contributed by atoms with Crippen LogP contribution in [0.5, 0.6) is 0 Å². The number of amides is 1. The molecule has 0 aliphatic heterocycles. The van der Waals surface area contributed by atoms with E-state index in [0.29, 0.717) is 5.03 Å². The Kier molecular flexibility index (Phi) is 5.48. The normalized spacial score (nSPS) is 11.7. The first kappa shape index (κ1) is 16.0. The van der Waals surface area contributed by atoms with Gasteiger partial charge in [-0.3, -0.25) is 14.9 Å². The van der Waals surface area contributed by atoms with Crippen LogP contribution in [0.1, 0.15) is 18.5 Å². The second-order valence-corrected chi connectivity index (χ2v) is 5.60. The number of nitro groups is 1. The molecule has 1 amide bonds. The van der Waals surface area contributed by atoms with E-state index in [-0.39, 0.29) is 23.4 Å². The molecule has 0 saturated heterocycles. The van der Waals surface area contributed by atoms with Crippen LogP contribution in [0.2, 0.25) is 0 Å². The van der Waals surface area contributed by atoms with Gasteiger partial charge in [-0.15, -0.1) is 0 Å². The maximum absolute atomic E-state index is 11.9. The van der Waals surface area contributed by atoms with Crippen molar-refractivity contribution in [3.05, 3.63) is 64.3 Å². The van der Waals surface area contributed by atoms with E-state index in [1.165, 1.54) is 30.1 Å². The molecule has 0 bridgehead atoms. The van der Waals surface area contributed by atoms with Crippen molar-refractivity contribution in [3.8, 4) is 0 Å². The summed E-state index contributed by atoms with van der Waals surface area (Å²) >= 11 is 1.24. The van der Waals surface area contributed by atoms with Crippen molar-refractivity contribution in [1.82, 2.24) is 10.3 Å². The fraction of sp³-hybridized carbons (Fsp3) is 0.200. The van der Waals surface area contributed by atoms with E-state index in [4.69, 9.17) is 0 Å². The number of carbonyl (C=O) groups is 1. The number of aromatic nitrogens is 1. The first-order valence-corrected chi connectivity index (χ1v) is 7.62. The zero-order valence-corrected chi connectivity index (χ0v) is 12.7. The van der Waals surface area contributed by atoms with Crippen LogP contribution in [0.4, 0.5) is 5.69 Å². The number of nitrogens with one attached hydrogen (secondary N) is 1. The Hall–Kier alpha value is -2.41. The van der Waals surface area contributed by atoms with Crippen LogP contribution in [0, 0.1) is 10.1 Å². The second kappa shape index (κ2) is 7.56. The predicted molar refractivity (Wildman–Crippen MR) is 84.6 cm³/mol. The van der Waals surface area contributed by atoms with Gasteiger partial charge in [0.15, 0.2) is 0 Å². The standard InChI is InChI=1S/C15H15N3O3S/c1-11(12-5-3-2-4-6-12)17-14(19)10-22-15-8-7-13(9-16-15)18(20)21/h2-9,11H,10H2,1H3,(H,17,19)/t11-/m0/s1. The summed E-state index contributed by atoms with van der Waals surface area (Å²) in [6, 6.07) is 12.5. The van der Waals surface area contributed by atoms with Crippen LogP contribution in [0.15, 0.2) is 53.7 Å². The zero-order chi connectivity index (χ0) is 15.9. The summed E-state index contributed by atoms with van der Waals surface area (Å²) in [6.07, 6.45) is 1.19. The van der Waals surface area contributed by atoms with Crippen LogP contribution >= 0.6 is 11.8 Å². The van der Waals surface area contributed by atoms with Gasteiger partial charge in [0.1, 0.15) is 6.20 Å². The van der Waals surface area contributed by atoms with Gasteiger partial charge in [-0.25, -0.2) is 4.98 Å². The minimum Gasteiger partial charge on any atom is -0.349 e. The van der Waals surface area contributed by atoms with Crippen molar-refractivity contribution in [1.29, 1.82) is 0 Å². The molecule has 1 atom stereocenters. The summed E-state index contributed by atoms with van der Waals surface area (Å²) in [4.78, 5) is 25.9. The highest BCUT2D eigenvalue weighted by Crippen LogP contribution is 2.18. The topological polar surface area (TPSA) is 85.1 Å². The van der Waals surface area contributed by atoms with Gasteiger partial charge in [0.2, 0.25) is 5.91 Å². The molecule has 2 aromatic rings. The van der Waals surface area contributed by atoms with Gasteiger partial charge in [0, 0.05) is 6.07 Å². The quantitative estimate of drug-likeness (QED) is 0.503. The third kappa shape index (κ3) is 4.56. The number of nitrogens with zero attached hydrogens (tertiary/aromatic N) is 2. The Morgan fingerprint density at radius 3 is 2.64 bits per heavy atom. The van der Waals surface area contributed by atoms with Gasteiger partial charge >= 0.3 is 0 Å². The third-order valence-corrected chi connectivity index (χ3v) is 3.90. The molecule has 0 unspecified atom stereocenters. The summed E-state index contributed by atoms with van der Waals surface area (Å²) in [5.74, 6) is 0.101. The molecule has 0 aliphatic rings. The van der Waals surface area contributed by atoms with Crippen molar-refractivity contribution in [2.24, 2.45) is 0 Å². The van der Waals surface area contributed by atoms with Gasteiger partial charge in [0.25, 0.3) is 5.69 Å². The molecular weight excluding hydrogens is 302 g/mol. The summed E-state index contributed by atoms with van der Waals surface area (Å²) < 4.78 is 0. The molecule has 7 heteroatoms. The van der Waals surface area contributed by atoms with Gasteiger partial charge in [0.05, 0.1) is 21.7 Å². The molecule has 0 spiro atoms. The lowest BCUT2D eigenvalue weighted by Crippen LogP contribution is -2.28. The highest BCUT2D eigenvalue weighted by atomic mass is 32.2. The van der Waals surface area contributed by atoms with Crippen LogP contribution < -0.4 is 5.32 Å². The van der Waals surface area contributed by atoms with E-state index < -0.39 is 4.92 Å². The third-order valence-electron chi connectivity index (χ3n) is 2.96. The summed E-state index contributed by atoms with van der Waals surface area (Å²) in [5.41, 5.74) is 0.973. The number of carbonyl (C=O) groups excluding carboxylic acids is 1. The maximum Gasteiger partial charge on any atom is 0.287 e. The van der Waals surface area contributed by atoms with Gasteiger partial charge in [-0.2, -0.15) is 0 Å². The fourth-order valence-electron chi connectivity index (χ4n) is 1.81. The van der Waals surface area contributed by atoms with E-state index in [9.17, 15) is 14.9 Å². The number of hydrogen-bond donors (Lipinski definition) is 1. The average molecular weight is 317 g/mol. The average Bonchev–Trinajstić information content (AvgIpc) is 2.54. The van der Waals surface area contributed by atoms with Gasteiger partial charge in [-0.05, 0) is 18.6 Å². The minimum absolute atomic E-state index is 0.0634. The second-order valence-electron chi connectivity index (χ2n) is 4.60. The Labute approximate surface area is 132 Å². The summed E-state index contributed by atoms with van der Waals surface area (Å²) in [5, 5.41) is 14.0. The highest BCUT2D eigenvalue weighted by molar-refractivity contribution is 7.99. The first-order chi connectivity index (χ1) is 10.6. The molecule has 1 N–H and O–H groups in total. The number of thioether (sulfide) groups is 1. The molecule has 114 valence electrons. The van der Waals surface area contributed by atoms with Crippen LogP contribution in [0.3, 0.4) is 0 Å². The molecule has 0 radical (unpaired) electrons. The molecule has 0 saturated carbocycles. The Balaban J connectivity index is 1.83. The molecule has 0 aliphatic carbocycles. The number of hydrogen-bond acceptors (Lipinski definition) is 5. The zero-order valence-electron chi connectivity index (χ0n) is 11.9. The van der Waals surface area contributed by atoms with Crippen molar-refractivity contribution in [2.75, 3.05) is 5.75 Å². The lowest BCUT2D eigenvalue weighted by atomic mass is 10.1. The lowest BCUT2D eigenvalue weighted by molar-refractivity contribution is -0.385. The van der Waals surface area contributed by atoms with E-state index in [2.05, 4.69) is 10.3 Å². The number of rotatable bonds is 6. The number of pyridine rings is 1. The molecule has 0 fully saturated rings. The summed E-state index contributed by atoms with van der Waals surface area (Å²) in [7, 11) is 0. The highest BCUT2D eigenvalue weighted by Gasteiger charge is 2.11. The SMILES string of the molecule is C[C@H](NC(=O)CSc1ccc([N+](=O)[O-])cn1)c1ccccc1. The molecule has 1 aromatic heterocycles. The van der Waals surface area contributed by atoms with Gasteiger partial charge < -0.3 is 5.32 Å². The molecule has 22 heavy (non-hydrogen) atoms. The van der Waals surface area contributed by atoms with E-state index in [0.717, 1.165) is 5.56 Å². The first-order valence-electron chi connectivity index (χ1n) is 6.64. The van der Waals surface area contributed by atoms with Crippen LogP contribution in [-0.2, 0) is 4.79 Å². The summed E-state index contributed by atoms with van der Waals surface area (Å²) in [6.45, 7) is 1.92. The monoisotopic (exact) mass is 317 g/mol. The minimum atomic E-state index is -0.504. The van der Waals surface area contributed by atoms with Crippen molar-refractivity contribution in [2.45, 2.75) is 18.0 Å². The van der Waals surface area contributed by atoms with E-state index in [1.807, 2.05) is 37.3 Å². The van der Waals surface area contributed by atoms with E-state index in [1.54, 1.807) is 0 Å². The van der Waals surface area contributed by atoms with E-state index >= 15 is 0 Å². The van der Waals surface area contributed by atoms with Crippen LogP contribution in [0.25, 0.3) is 0 Å². The molecule has 1 aromatic carbocycles. The predicted octanol–water partition coefficient (Wildman–Crippen LogP) is 2.96. The van der Waals surface area contributed by atoms with Crippen molar-refractivity contribution < 1.29 is 9.72 Å². The molecular formula is C15H15N3O3S. The smallest absolute Gasteiger partial charge is 0.287 e. The molecule has 2 rings (SSSR count).